The highest BCUT2D eigenvalue weighted by Gasteiger charge is 2.06. The van der Waals surface area contributed by atoms with Gasteiger partial charge >= 0.3 is 5.97 Å². The number of esters is 1. The van der Waals surface area contributed by atoms with Gasteiger partial charge in [0.2, 0.25) is 0 Å². The van der Waals surface area contributed by atoms with E-state index in [0.29, 0.717) is 12.3 Å². The molecule has 0 atom stereocenters. The van der Waals surface area contributed by atoms with Crippen molar-refractivity contribution >= 4 is 17.7 Å². The second-order valence-electron chi connectivity index (χ2n) is 8.38. The zero-order valence-electron chi connectivity index (χ0n) is 20.7. The van der Waals surface area contributed by atoms with E-state index in [1.165, 1.54) is 23.6 Å². The van der Waals surface area contributed by atoms with E-state index in [-0.39, 0.29) is 19.2 Å². The van der Waals surface area contributed by atoms with Crippen molar-refractivity contribution in [3.8, 4) is 16.9 Å². The normalized spacial score (nSPS) is 11.1. The number of nitrogens with one attached hydrogen (secondary N) is 1. The molecule has 0 saturated heterocycles. The largest absolute Gasteiger partial charge is 0.846 e. The molecule has 4 rings (SSSR count). The Labute approximate surface area is 216 Å². The van der Waals surface area contributed by atoms with Gasteiger partial charge in [-0.25, -0.2) is 0 Å². The van der Waals surface area contributed by atoms with Crippen LogP contribution in [-0.2, 0) is 29.2 Å². The van der Waals surface area contributed by atoms with E-state index in [1.54, 1.807) is 29.1 Å². The van der Waals surface area contributed by atoms with E-state index in [0.717, 1.165) is 17.7 Å². The van der Waals surface area contributed by atoms with Crippen LogP contribution in [0.5, 0.6) is 5.75 Å². The Hall–Kier alpha value is -4.65. The summed E-state index contributed by atoms with van der Waals surface area (Å²) in [7, 11) is 0. The monoisotopic (exact) mass is 495 g/mol. The summed E-state index contributed by atoms with van der Waals surface area (Å²) < 4.78 is 12.6. The van der Waals surface area contributed by atoms with Crippen molar-refractivity contribution < 1.29 is 23.9 Å². The van der Waals surface area contributed by atoms with Crippen molar-refractivity contribution in [1.82, 2.24) is 0 Å². The van der Waals surface area contributed by atoms with Crippen LogP contribution in [-0.4, -0.2) is 18.6 Å². The minimum absolute atomic E-state index is 0.114. The molecule has 0 aliphatic heterocycles. The minimum Gasteiger partial charge on any atom is -0.846 e. The van der Waals surface area contributed by atoms with Crippen molar-refractivity contribution in [3.63, 3.8) is 0 Å². The molecule has 0 saturated carbocycles. The van der Waals surface area contributed by atoms with Crippen LogP contribution in [0.25, 0.3) is 11.1 Å². The molecule has 0 bridgehead atoms. The first kappa shape index (κ1) is 25.4. The standard InChI is InChI=1S/C30H29N3O4/c1-23(34)37-22-33-18-7-8-24(21-33)20-31-30(35)32-27-13-15-28(16-14-27)36-19-17-26-11-5-6-12-29(26)25-9-3-2-4-10-25/h2-16,18,21H,17,19-20,22H2,1H3,(H-,31,32,35). The topological polar surface area (TPSA) is 86.9 Å². The number of hydrogen-bond donors (Lipinski definition) is 1. The van der Waals surface area contributed by atoms with E-state index in [1.807, 2.05) is 54.6 Å². The lowest BCUT2D eigenvalue weighted by molar-refractivity contribution is -0.727. The number of carbonyl (C=O) groups is 1. The van der Waals surface area contributed by atoms with Crippen LogP contribution >= 0.6 is 0 Å². The van der Waals surface area contributed by atoms with Gasteiger partial charge in [0, 0.05) is 30.7 Å². The minimum atomic E-state index is -0.443. The molecular formula is C30H29N3O4. The maximum atomic E-state index is 12.3. The maximum absolute atomic E-state index is 12.3. The molecule has 37 heavy (non-hydrogen) atoms. The molecule has 0 amide bonds. The molecule has 7 heteroatoms. The number of benzene rings is 3. The first-order chi connectivity index (χ1) is 18.1. The third-order valence-corrected chi connectivity index (χ3v) is 5.59. The van der Waals surface area contributed by atoms with Gasteiger partial charge in [-0.05, 0) is 47.0 Å². The number of hydrogen-bond acceptors (Lipinski definition) is 5. The fourth-order valence-corrected chi connectivity index (χ4v) is 3.79. The number of anilines is 1. The van der Waals surface area contributed by atoms with Crippen LogP contribution in [0.1, 0.15) is 18.1 Å². The number of carbonyl (C=O) groups excluding carboxylic acids is 1. The van der Waals surface area contributed by atoms with Gasteiger partial charge in [0.15, 0.2) is 12.4 Å². The zero-order chi connectivity index (χ0) is 25.9. The van der Waals surface area contributed by atoms with Gasteiger partial charge < -0.3 is 19.9 Å². The number of pyridine rings is 1. The molecule has 7 nitrogen and oxygen atoms in total. The Balaban J connectivity index is 1.27. The van der Waals surface area contributed by atoms with E-state index in [4.69, 9.17) is 9.47 Å². The molecule has 0 spiro atoms. The summed E-state index contributed by atoms with van der Waals surface area (Å²) in [5.41, 5.74) is 5.09. The van der Waals surface area contributed by atoms with Gasteiger partial charge in [-0.15, -0.1) is 0 Å². The fourth-order valence-electron chi connectivity index (χ4n) is 3.79. The number of ether oxygens (including phenoxy) is 2. The van der Waals surface area contributed by atoms with Crippen LogP contribution in [0.15, 0.2) is 108 Å². The summed E-state index contributed by atoms with van der Waals surface area (Å²) in [6, 6.07) is 29.1. The lowest BCUT2D eigenvalue weighted by Gasteiger charge is -2.14. The summed E-state index contributed by atoms with van der Waals surface area (Å²) in [6.45, 7) is 2.22. The number of aromatic nitrogens is 1. The molecule has 1 heterocycles. The van der Waals surface area contributed by atoms with E-state index in [9.17, 15) is 9.90 Å². The van der Waals surface area contributed by atoms with Gasteiger partial charge in [-0.2, -0.15) is 4.57 Å². The van der Waals surface area contributed by atoms with E-state index in [2.05, 4.69) is 34.6 Å². The first-order valence-electron chi connectivity index (χ1n) is 12.0. The number of amidine groups is 1. The molecular weight excluding hydrogens is 466 g/mol. The highest BCUT2D eigenvalue weighted by Crippen LogP contribution is 2.24. The van der Waals surface area contributed by atoms with Gasteiger partial charge in [0.1, 0.15) is 5.75 Å². The summed E-state index contributed by atoms with van der Waals surface area (Å²) in [6.07, 6.45) is 4.34. The lowest BCUT2D eigenvalue weighted by Crippen LogP contribution is -2.35. The SMILES string of the molecule is CC(=O)OC[n+]1cccc(CN=C([O-])Nc2ccc(OCCc3ccccc3-c3ccccc3)cc2)c1. The van der Waals surface area contributed by atoms with Crippen LogP contribution in [0.2, 0.25) is 0 Å². The molecule has 0 aliphatic carbocycles. The van der Waals surface area contributed by atoms with Crippen molar-refractivity contribution in [2.45, 2.75) is 26.6 Å². The molecule has 0 unspecified atom stereocenters. The van der Waals surface area contributed by atoms with Gasteiger partial charge in [0.25, 0.3) is 6.73 Å². The second-order valence-corrected chi connectivity index (χ2v) is 8.38. The van der Waals surface area contributed by atoms with Gasteiger partial charge in [0.05, 0.1) is 19.2 Å². The predicted molar refractivity (Wildman–Crippen MR) is 141 cm³/mol. The van der Waals surface area contributed by atoms with E-state index < -0.39 is 6.02 Å². The van der Waals surface area contributed by atoms with Crippen molar-refractivity contribution in [1.29, 1.82) is 0 Å². The number of nitrogens with zero attached hydrogens (tertiary/aromatic N) is 2. The molecule has 1 aromatic heterocycles. The summed E-state index contributed by atoms with van der Waals surface area (Å²) >= 11 is 0. The Morgan fingerprint density at radius 2 is 1.70 bits per heavy atom. The fraction of sp³-hybridized carbons (Fsp3) is 0.167. The number of aliphatic imine (C=N–C) groups is 1. The van der Waals surface area contributed by atoms with Gasteiger partial charge in [-0.1, -0.05) is 54.6 Å². The van der Waals surface area contributed by atoms with Crippen LogP contribution in [0.3, 0.4) is 0 Å². The second kappa shape index (κ2) is 12.9. The predicted octanol–water partition coefficient (Wildman–Crippen LogP) is 4.11. The Morgan fingerprint density at radius 3 is 2.49 bits per heavy atom. The molecule has 0 fully saturated rings. The average Bonchev–Trinajstić information content (AvgIpc) is 2.93. The summed E-state index contributed by atoms with van der Waals surface area (Å²) in [5, 5.41) is 15.0. The van der Waals surface area contributed by atoms with Crippen LogP contribution < -0.4 is 19.7 Å². The molecule has 0 radical (unpaired) electrons. The third kappa shape index (κ3) is 7.93. The highest BCUT2D eigenvalue weighted by molar-refractivity contribution is 5.85. The summed E-state index contributed by atoms with van der Waals surface area (Å²) in [5.74, 6) is 0.375. The Bertz CT molecular complexity index is 1340. The summed E-state index contributed by atoms with van der Waals surface area (Å²) in [4.78, 5) is 15.0. The van der Waals surface area contributed by atoms with Crippen LogP contribution in [0.4, 0.5) is 5.69 Å². The Morgan fingerprint density at radius 1 is 0.946 bits per heavy atom. The van der Waals surface area contributed by atoms with Crippen molar-refractivity contribution in [2.75, 3.05) is 11.9 Å². The molecule has 0 aliphatic rings. The average molecular weight is 496 g/mol. The quantitative estimate of drug-likeness (QED) is 0.155. The number of rotatable bonds is 10. The molecule has 3 aromatic carbocycles. The third-order valence-electron chi connectivity index (χ3n) is 5.59. The zero-order valence-corrected chi connectivity index (χ0v) is 20.7. The van der Waals surface area contributed by atoms with Crippen LogP contribution in [0, 0.1) is 0 Å². The molecule has 4 aromatic rings. The smallest absolute Gasteiger partial charge is 0.307 e. The highest BCUT2D eigenvalue weighted by atomic mass is 16.5. The lowest BCUT2D eigenvalue weighted by atomic mass is 9.98. The van der Waals surface area contributed by atoms with Gasteiger partial charge in [-0.3, -0.25) is 9.79 Å². The van der Waals surface area contributed by atoms with E-state index >= 15 is 0 Å². The molecule has 1 N–H and O–H groups in total. The first-order valence-corrected chi connectivity index (χ1v) is 12.0. The Kier molecular flexibility index (Phi) is 8.86. The maximum Gasteiger partial charge on any atom is 0.307 e. The van der Waals surface area contributed by atoms with Crippen molar-refractivity contribution in [2.24, 2.45) is 4.99 Å². The molecule has 188 valence electrons. The van der Waals surface area contributed by atoms with Crippen molar-refractivity contribution in [3.05, 3.63) is 115 Å².